The van der Waals surface area contributed by atoms with Gasteiger partial charge in [0.15, 0.2) is 0 Å². The van der Waals surface area contributed by atoms with Gasteiger partial charge in [-0.25, -0.2) is 14.0 Å². The van der Waals surface area contributed by atoms with E-state index in [0.717, 1.165) is 5.56 Å². The van der Waals surface area contributed by atoms with Crippen LogP contribution in [0.25, 0.3) is 0 Å². The third-order valence-corrected chi connectivity index (χ3v) is 4.64. The molecule has 2 amide bonds. The minimum atomic E-state index is -0.523. The fourth-order valence-electron chi connectivity index (χ4n) is 1.98. The molecule has 5 nitrogen and oxygen atoms in total. The molecule has 1 heterocycles. The molecule has 0 saturated carbocycles. The van der Waals surface area contributed by atoms with Gasteiger partial charge in [0.05, 0.1) is 12.2 Å². The fourth-order valence-corrected chi connectivity index (χ4v) is 3.24. The number of rotatable bonds is 5. The van der Waals surface area contributed by atoms with E-state index in [2.05, 4.69) is 26.6 Å². The number of nitrogens with one attached hydrogen (secondary N) is 2. The Morgan fingerprint density at radius 1 is 1.38 bits per heavy atom. The molecule has 24 heavy (non-hydrogen) atoms. The van der Waals surface area contributed by atoms with Crippen molar-refractivity contribution >= 4 is 44.3 Å². The Hall–Kier alpha value is -1.93. The van der Waals surface area contributed by atoms with E-state index in [1.54, 1.807) is 31.4 Å². The maximum absolute atomic E-state index is 13.7. The number of benzene rings is 1. The summed E-state index contributed by atoms with van der Waals surface area (Å²) in [6.07, 6.45) is 0. The van der Waals surface area contributed by atoms with Crippen molar-refractivity contribution in [1.29, 1.82) is 0 Å². The fraction of sp³-hybridized carbons (Fsp3) is 0.250. The molecule has 0 saturated heterocycles. The first-order valence-electron chi connectivity index (χ1n) is 7.16. The monoisotopic (exact) mass is 414 g/mol. The van der Waals surface area contributed by atoms with Gasteiger partial charge in [-0.15, -0.1) is 11.3 Å². The second kappa shape index (κ2) is 8.25. The number of aryl methyl sites for hydroxylation is 1. The van der Waals surface area contributed by atoms with Gasteiger partial charge >= 0.3 is 12.0 Å². The zero-order valence-corrected chi connectivity index (χ0v) is 15.5. The Bertz CT molecular complexity index is 764. The molecule has 2 aromatic rings. The van der Waals surface area contributed by atoms with Gasteiger partial charge in [-0.1, -0.05) is 22.0 Å². The number of hydrogen-bond acceptors (Lipinski definition) is 4. The maximum Gasteiger partial charge on any atom is 0.341 e. The first-order valence-corrected chi connectivity index (χ1v) is 8.83. The molecule has 2 rings (SSSR count). The summed E-state index contributed by atoms with van der Waals surface area (Å²) in [5, 5.41) is 7.33. The van der Waals surface area contributed by atoms with Crippen LogP contribution in [0.15, 0.2) is 28.1 Å². The highest BCUT2D eigenvalue weighted by Crippen LogP contribution is 2.28. The Labute approximate surface area is 151 Å². The van der Waals surface area contributed by atoms with Crippen molar-refractivity contribution in [3.63, 3.8) is 0 Å². The minimum absolute atomic E-state index is 0.0318. The molecule has 0 atom stereocenters. The van der Waals surface area contributed by atoms with Gasteiger partial charge in [-0.2, -0.15) is 0 Å². The number of carbonyl (C=O) groups is 2. The second-order valence-corrected chi connectivity index (χ2v) is 6.68. The highest BCUT2D eigenvalue weighted by molar-refractivity contribution is 9.10. The van der Waals surface area contributed by atoms with E-state index in [1.807, 2.05) is 0 Å². The van der Waals surface area contributed by atoms with Gasteiger partial charge in [0.1, 0.15) is 10.8 Å². The van der Waals surface area contributed by atoms with Gasteiger partial charge in [-0.3, -0.25) is 5.32 Å². The summed E-state index contributed by atoms with van der Waals surface area (Å²) in [7, 11) is 0. The largest absolute Gasteiger partial charge is 0.462 e. The SMILES string of the molecule is CCOC(=O)c1c(C)csc1NC(=O)NCc1ccc(Br)cc1F. The van der Waals surface area contributed by atoms with Crippen molar-refractivity contribution in [2.75, 3.05) is 11.9 Å². The zero-order valence-electron chi connectivity index (χ0n) is 13.1. The highest BCUT2D eigenvalue weighted by atomic mass is 79.9. The number of hydrogen-bond donors (Lipinski definition) is 2. The van der Waals surface area contributed by atoms with Crippen molar-refractivity contribution < 1.29 is 18.7 Å². The molecule has 0 aliphatic carbocycles. The van der Waals surface area contributed by atoms with Crippen LogP contribution in [0.2, 0.25) is 0 Å². The zero-order chi connectivity index (χ0) is 17.7. The standard InChI is InChI=1S/C16H16BrFN2O3S/c1-3-23-15(21)13-9(2)8-24-14(13)20-16(22)19-7-10-4-5-11(17)6-12(10)18/h4-6,8H,3,7H2,1-2H3,(H2,19,20,22). The quantitative estimate of drug-likeness (QED) is 0.709. The van der Waals surface area contributed by atoms with E-state index in [1.165, 1.54) is 17.4 Å². The molecular weight excluding hydrogens is 399 g/mol. The van der Waals surface area contributed by atoms with Gasteiger partial charge < -0.3 is 10.1 Å². The molecule has 0 unspecified atom stereocenters. The van der Waals surface area contributed by atoms with Crippen LogP contribution < -0.4 is 10.6 Å². The molecule has 128 valence electrons. The van der Waals surface area contributed by atoms with E-state index in [-0.39, 0.29) is 13.2 Å². The van der Waals surface area contributed by atoms with E-state index in [0.29, 0.717) is 20.6 Å². The third kappa shape index (κ3) is 4.55. The number of ether oxygens (including phenoxy) is 1. The predicted molar refractivity (Wildman–Crippen MR) is 95.0 cm³/mol. The van der Waals surface area contributed by atoms with Crippen LogP contribution in [0.1, 0.15) is 28.4 Å². The summed E-state index contributed by atoms with van der Waals surface area (Å²) in [4.78, 5) is 24.0. The van der Waals surface area contributed by atoms with Gasteiger partial charge in [0.25, 0.3) is 0 Å². The van der Waals surface area contributed by atoms with E-state index in [9.17, 15) is 14.0 Å². The lowest BCUT2D eigenvalue weighted by molar-refractivity contribution is 0.0527. The van der Waals surface area contributed by atoms with Crippen LogP contribution in [0.3, 0.4) is 0 Å². The number of urea groups is 1. The molecule has 0 radical (unpaired) electrons. The van der Waals surface area contributed by atoms with Crippen LogP contribution in [0, 0.1) is 12.7 Å². The second-order valence-electron chi connectivity index (χ2n) is 4.89. The van der Waals surface area contributed by atoms with Crippen LogP contribution in [-0.4, -0.2) is 18.6 Å². The van der Waals surface area contributed by atoms with Gasteiger partial charge in [0, 0.05) is 16.6 Å². The van der Waals surface area contributed by atoms with Crippen LogP contribution in [-0.2, 0) is 11.3 Å². The first kappa shape index (κ1) is 18.4. The highest BCUT2D eigenvalue weighted by Gasteiger charge is 2.19. The molecule has 0 spiro atoms. The first-order chi connectivity index (χ1) is 11.4. The maximum atomic E-state index is 13.7. The summed E-state index contributed by atoms with van der Waals surface area (Å²) >= 11 is 4.41. The number of thiophene rings is 1. The van der Waals surface area contributed by atoms with E-state index < -0.39 is 17.8 Å². The summed E-state index contributed by atoms with van der Waals surface area (Å²) in [6.45, 7) is 3.77. The number of halogens is 2. The Kier molecular flexibility index (Phi) is 6.33. The average molecular weight is 415 g/mol. The van der Waals surface area contributed by atoms with Gasteiger partial charge in [0.2, 0.25) is 0 Å². The number of carbonyl (C=O) groups excluding carboxylic acids is 2. The Morgan fingerprint density at radius 3 is 2.79 bits per heavy atom. The average Bonchev–Trinajstić information content (AvgIpc) is 2.87. The van der Waals surface area contributed by atoms with E-state index in [4.69, 9.17) is 4.74 Å². The smallest absolute Gasteiger partial charge is 0.341 e. The topological polar surface area (TPSA) is 67.4 Å². The molecular formula is C16H16BrFN2O3S. The molecule has 0 aliphatic heterocycles. The summed E-state index contributed by atoms with van der Waals surface area (Å²) in [5.74, 6) is -0.894. The number of esters is 1. The Morgan fingerprint density at radius 2 is 2.12 bits per heavy atom. The minimum Gasteiger partial charge on any atom is -0.462 e. The third-order valence-electron chi connectivity index (χ3n) is 3.14. The van der Waals surface area contributed by atoms with Crippen molar-refractivity contribution in [2.45, 2.75) is 20.4 Å². The lowest BCUT2D eigenvalue weighted by Gasteiger charge is -2.09. The van der Waals surface area contributed by atoms with Crippen molar-refractivity contribution in [1.82, 2.24) is 5.32 Å². The molecule has 8 heteroatoms. The van der Waals surface area contributed by atoms with Gasteiger partial charge in [-0.05, 0) is 36.9 Å². The summed E-state index contributed by atoms with van der Waals surface area (Å²) in [6, 6.07) is 4.08. The van der Waals surface area contributed by atoms with Crippen LogP contribution in [0.5, 0.6) is 0 Å². The van der Waals surface area contributed by atoms with Crippen LogP contribution in [0.4, 0.5) is 14.2 Å². The molecule has 0 aliphatic rings. The van der Waals surface area contributed by atoms with Crippen molar-refractivity contribution in [3.05, 3.63) is 50.6 Å². The number of anilines is 1. The summed E-state index contributed by atoms with van der Waals surface area (Å²) < 4.78 is 19.3. The van der Waals surface area contributed by atoms with Crippen molar-refractivity contribution in [3.8, 4) is 0 Å². The molecule has 0 fully saturated rings. The molecule has 1 aromatic carbocycles. The van der Waals surface area contributed by atoms with E-state index >= 15 is 0 Å². The molecule has 1 aromatic heterocycles. The normalized spacial score (nSPS) is 10.3. The molecule has 0 bridgehead atoms. The predicted octanol–water partition coefficient (Wildman–Crippen LogP) is 4.46. The van der Waals surface area contributed by atoms with Crippen LogP contribution >= 0.6 is 27.3 Å². The Balaban J connectivity index is 2.01. The van der Waals surface area contributed by atoms with Crippen molar-refractivity contribution in [2.24, 2.45) is 0 Å². The summed E-state index contributed by atoms with van der Waals surface area (Å²) in [5.41, 5.74) is 1.43. The molecule has 2 N–H and O–H groups in total. The lowest BCUT2D eigenvalue weighted by Crippen LogP contribution is -2.29. The number of amides is 2. The lowest BCUT2D eigenvalue weighted by atomic mass is 10.2.